The zero-order valence-electron chi connectivity index (χ0n) is 10.4. The zero-order chi connectivity index (χ0) is 14.9. The molecule has 2 aromatic rings. The van der Waals surface area contributed by atoms with Crippen LogP contribution in [0.15, 0.2) is 56.7 Å². The summed E-state index contributed by atoms with van der Waals surface area (Å²) in [7, 11) is -3.93. The topological polar surface area (TPSA) is 77.3 Å². The first-order chi connectivity index (χ1) is 9.32. The monoisotopic (exact) mass is 355 g/mol. The molecule has 0 spiro atoms. The summed E-state index contributed by atoms with van der Waals surface area (Å²) in [6, 6.07) is 10.0. The van der Waals surface area contributed by atoms with Crippen molar-refractivity contribution in [3.05, 3.63) is 62.6 Å². The van der Waals surface area contributed by atoms with Gasteiger partial charge in [0.25, 0.3) is 5.69 Å². The fourth-order valence-electron chi connectivity index (χ4n) is 1.70. The summed E-state index contributed by atoms with van der Waals surface area (Å²) in [6.45, 7) is 1.83. The van der Waals surface area contributed by atoms with Gasteiger partial charge in [-0.15, -0.1) is 0 Å². The van der Waals surface area contributed by atoms with E-state index in [4.69, 9.17) is 0 Å². The molecule has 0 saturated heterocycles. The number of hydrogen-bond acceptors (Lipinski definition) is 4. The van der Waals surface area contributed by atoms with Gasteiger partial charge in [-0.3, -0.25) is 10.1 Å². The van der Waals surface area contributed by atoms with Crippen LogP contribution in [0.1, 0.15) is 5.56 Å². The van der Waals surface area contributed by atoms with Crippen LogP contribution in [0.25, 0.3) is 0 Å². The van der Waals surface area contributed by atoms with E-state index in [1.54, 1.807) is 12.1 Å². The van der Waals surface area contributed by atoms with Gasteiger partial charge in [0, 0.05) is 10.5 Å². The predicted octanol–water partition coefficient (Wildman–Crippen LogP) is 3.50. The molecule has 0 bridgehead atoms. The maximum absolute atomic E-state index is 12.5. The molecule has 0 saturated carbocycles. The van der Waals surface area contributed by atoms with Gasteiger partial charge in [0.1, 0.15) is 0 Å². The first-order valence-corrected chi connectivity index (χ1v) is 7.85. The fourth-order valence-corrected chi connectivity index (χ4v) is 3.66. The maximum atomic E-state index is 12.5. The van der Waals surface area contributed by atoms with Crippen molar-refractivity contribution in [2.75, 3.05) is 0 Å². The molecule has 20 heavy (non-hydrogen) atoms. The molecule has 0 atom stereocenters. The standard InChI is InChI=1S/C13H10BrNO4S/c1-9-2-5-11(6-3-9)20(18,19)13-8-10(14)4-7-12(13)15(16)17/h2-8H,1H3. The molecule has 0 aliphatic heterocycles. The molecule has 104 valence electrons. The minimum absolute atomic E-state index is 0.0318. The normalized spacial score (nSPS) is 11.3. The number of sulfone groups is 1. The summed E-state index contributed by atoms with van der Waals surface area (Å²) < 4.78 is 25.5. The zero-order valence-corrected chi connectivity index (χ0v) is 12.8. The Labute approximate surface area is 124 Å². The van der Waals surface area contributed by atoms with Gasteiger partial charge in [0.2, 0.25) is 9.84 Å². The molecule has 0 fully saturated rings. The van der Waals surface area contributed by atoms with E-state index in [1.807, 2.05) is 6.92 Å². The number of aryl methyl sites for hydroxylation is 1. The van der Waals surface area contributed by atoms with Crippen LogP contribution in [0.4, 0.5) is 5.69 Å². The van der Waals surface area contributed by atoms with Gasteiger partial charge in [-0.05, 0) is 31.2 Å². The third-order valence-electron chi connectivity index (χ3n) is 2.74. The average molecular weight is 356 g/mol. The molecule has 7 heteroatoms. The van der Waals surface area contributed by atoms with Crippen LogP contribution in [0.5, 0.6) is 0 Å². The van der Waals surface area contributed by atoms with E-state index in [1.165, 1.54) is 30.3 Å². The van der Waals surface area contributed by atoms with Crippen molar-refractivity contribution in [2.45, 2.75) is 16.7 Å². The molecule has 0 N–H and O–H groups in total. The smallest absolute Gasteiger partial charge is 0.258 e. The van der Waals surface area contributed by atoms with Crippen LogP contribution in [0.2, 0.25) is 0 Å². The molecule has 0 heterocycles. The molecular weight excluding hydrogens is 346 g/mol. The number of nitrogens with zero attached hydrogens (tertiary/aromatic N) is 1. The minimum atomic E-state index is -3.93. The summed E-state index contributed by atoms with van der Waals surface area (Å²) in [5.41, 5.74) is 0.474. The Morgan fingerprint density at radius 2 is 1.70 bits per heavy atom. The van der Waals surface area contributed by atoms with Crippen molar-refractivity contribution in [3.63, 3.8) is 0 Å². The lowest BCUT2D eigenvalue weighted by molar-refractivity contribution is -0.387. The van der Waals surface area contributed by atoms with E-state index < -0.39 is 20.4 Å². The van der Waals surface area contributed by atoms with Crippen LogP contribution in [-0.2, 0) is 9.84 Å². The summed E-state index contributed by atoms with van der Waals surface area (Å²) in [5.74, 6) is 0. The Hall–Kier alpha value is -1.73. The van der Waals surface area contributed by atoms with Gasteiger partial charge in [-0.25, -0.2) is 8.42 Å². The largest absolute Gasteiger partial charge is 0.288 e. The van der Waals surface area contributed by atoms with Gasteiger partial charge < -0.3 is 0 Å². The highest BCUT2D eigenvalue weighted by Gasteiger charge is 2.27. The second-order valence-corrected chi connectivity index (χ2v) is 7.02. The SMILES string of the molecule is Cc1ccc(S(=O)(=O)c2cc(Br)ccc2[N+](=O)[O-])cc1. The number of halogens is 1. The van der Waals surface area contributed by atoms with Gasteiger partial charge in [-0.1, -0.05) is 33.6 Å². The van der Waals surface area contributed by atoms with Crippen LogP contribution in [0.3, 0.4) is 0 Å². The molecule has 0 aliphatic rings. The van der Waals surface area contributed by atoms with E-state index >= 15 is 0 Å². The van der Waals surface area contributed by atoms with Crippen molar-refractivity contribution < 1.29 is 13.3 Å². The maximum Gasteiger partial charge on any atom is 0.288 e. The Morgan fingerprint density at radius 1 is 1.10 bits per heavy atom. The van der Waals surface area contributed by atoms with Crippen molar-refractivity contribution in [1.82, 2.24) is 0 Å². The molecule has 0 radical (unpaired) electrons. The summed E-state index contributed by atoms with van der Waals surface area (Å²) in [6.07, 6.45) is 0. The first kappa shape index (κ1) is 14.7. The average Bonchev–Trinajstić information content (AvgIpc) is 2.38. The Bertz CT molecular complexity index is 769. The van der Waals surface area contributed by atoms with Crippen LogP contribution < -0.4 is 0 Å². The van der Waals surface area contributed by atoms with Crippen molar-refractivity contribution in [2.24, 2.45) is 0 Å². The molecule has 2 aromatic carbocycles. The van der Waals surface area contributed by atoms with Crippen molar-refractivity contribution >= 4 is 31.5 Å². The minimum Gasteiger partial charge on any atom is -0.258 e. The lowest BCUT2D eigenvalue weighted by Gasteiger charge is -2.06. The van der Waals surface area contributed by atoms with E-state index in [9.17, 15) is 18.5 Å². The summed E-state index contributed by atoms with van der Waals surface area (Å²) in [4.78, 5) is 10.0. The quantitative estimate of drug-likeness (QED) is 0.623. The van der Waals surface area contributed by atoms with Crippen LogP contribution in [-0.4, -0.2) is 13.3 Å². The molecule has 5 nitrogen and oxygen atoms in total. The number of benzene rings is 2. The molecule has 0 amide bonds. The Kier molecular flexibility index (Phi) is 3.92. The molecule has 0 unspecified atom stereocenters. The highest BCUT2D eigenvalue weighted by molar-refractivity contribution is 9.10. The lowest BCUT2D eigenvalue weighted by Crippen LogP contribution is -2.05. The molecular formula is C13H10BrNO4S. The molecule has 0 aromatic heterocycles. The van der Waals surface area contributed by atoms with E-state index in [0.717, 1.165) is 5.56 Å². The van der Waals surface area contributed by atoms with Crippen LogP contribution >= 0.6 is 15.9 Å². The number of nitro benzene ring substituents is 1. The number of nitro groups is 1. The molecule has 0 aliphatic carbocycles. The van der Waals surface area contributed by atoms with Crippen LogP contribution in [0, 0.1) is 17.0 Å². The lowest BCUT2D eigenvalue weighted by atomic mass is 10.2. The third kappa shape index (κ3) is 2.73. The van der Waals surface area contributed by atoms with Crippen molar-refractivity contribution in [3.8, 4) is 0 Å². The summed E-state index contributed by atoms with van der Waals surface area (Å²) >= 11 is 3.14. The number of rotatable bonds is 3. The third-order valence-corrected chi connectivity index (χ3v) is 5.03. The van der Waals surface area contributed by atoms with E-state index in [-0.39, 0.29) is 9.79 Å². The van der Waals surface area contributed by atoms with E-state index in [2.05, 4.69) is 15.9 Å². The van der Waals surface area contributed by atoms with Gasteiger partial charge in [0.05, 0.1) is 9.82 Å². The first-order valence-electron chi connectivity index (χ1n) is 5.58. The van der Waals surface area contributed by atoms with E-state index in [0.29, 0.717) is 4.47 Å². The van der Waals surface area contributed by atoms with Gasteiger partial charge in [0.15, 0.2) is 4.90 Å². The highest BCUT2D eigenvalue weighted by atomic mass is 79.9. The summed E-state index contributed by atoms with van der Waals surface area (Å²) in [5, 5.41) is 11.0. The Balaban J connectivity index is 2.68. The predicted molar refractivity (Wildman–Crippen MR) is 77.4 cm³/mol. The second-order valence-electron chi connectivity index (χ2n) is 4.19. The molecule has 2 rings (SSSR count). The van der Waals surface area contributed by atoms with Gasteiger partial charge in [-0.2, -0.15) is 0 Å². The Morgan fingerprint density at radius 3 is 2.25 bits per heavy atom. The number of hydrogen-bond donors (Lipinski definition) is 0. The van der Waals surface area contributed by atoms with Crippen molar-refractivity contribution in [1.29, 1.82) is 0 Å². The van der Waals surface area contributed by atoms with Gasteiger partial charge >= 0.3 is 0 Å². The highest BCUT2D eigenvalue weighted by Crippen LogP contribution is 2.31. The second kappa shape index (κ2) is 5.34. The fraction of sp³-hybridized carbons (Fsp3) is 0.0769.